The molecule has 0 bridgehead atoms. The van der Waals surface area contributed by atoms with Crippen molar-refractivity contribution in [2.45, 2.75) is 38.1 Å². The Labute approximate surface area is 104 Å². The van der Waals surface area contributed by atoms with Crippen LogP contribution in [0, 0.1) is 0 Å². The van der Waals surface area contributed by atoms with Crippen molar-refractivity contribution in [3.63, 3.8) is 0 Å². The van der Waals surface area contributed by atoms with Gasteiger partial charge in [0, 0.05) is 11.7 Å². The monoisotopic (exact) mass is 288 g/mol. The summed E-state index contributed by atoms with van der Waals surface area (Å²) in [5.41, 5.74) is 0.267. The maximum absolute atomic E-state index is 5.85. The van der Waals surface area contributed by atoms with Gasteiger partial charge >= 0.3 is 0 Å². The summed E-state index contributed by atoms with van der Waals surface area (Å²) in [7, 11) is 0. The molecule has 1 N–H and O–H groups in total. The molecule has 4 heteroatoms. The Morgan fingerprint density at radius 2 is 2.33 bits per heavy atom. The molecule has 0 saturated heterocycles. The van der Waals surface area contributed by atoms with E-state index in [0.29, 0.717) is 5.02 Å². The zero-order valence-electron chi connectivity index (χ0n) is 8.69. The normalized spacial score (nSPS) is 18.3. The van der Waals surface area contributed by atoms with Gasteiger partial charge < -0.3 is 5.32 Å². The smallest absolute Gasteiger partial charge is 0.140 e. The third-order valence-corrected chi connectivity index (χ3v) is 3.99. The molecule has 82 valence electrons. The fraction of sp³-hybridized carbons (Fsp3) is 0.545. The first-order chi connectivity index (χ1) is 7.15. The van der Waals surface area contributed by atoms with Crippen LogP contribution in [0.3, 0.4) is 0 Å². The van der Waals surface area contributed by atoms with Crippen LogP contribution in [0.5, 0.6) is 0 Å². The molecule has 1 aromatic heterocycles. The lowest BCUT2D eigenvalue weighted by molar-refractivity contribution is 0.268. The van der Waals surface area contributed by atoms with Gasteiger partial charge in [0.1, 0.15) is 5.82 Å². The Morgan fingerprint density at radius 1 is 1.60 bits per heavy atom. The first-order valence-electron chi connectivity index (χ1n) is 5.24. The van der Waals surface area contributed by atoms with Crippen LogP contribution in [0.4, 0.5) is 5.82 Å². The van der Waals surface area contributed by atoms with Gasteiger partial charge in [0.05, 0.1) is 9.50 Å². The van der Waals surface area contributed by atoms with E-state index in [-0.39, 0.29) is 5.54 Å². The fourth-order valence-electron chi connectivity index (χ4n) is 1.93. The highest BCUT2D eigenvalue weighted by Crippen LogP contribution is 2.39. The second-order valence-electron chi connectivity index (χ2n) is 4.10. The maximum atomic E-state index is 5.85. The van der Waals surface area contributed by atoms with Crippen LogP contribution < -0.4 is 5.32 Å². The molecule has 0 unspecified atom stereocenters. The van der Waals surface area contributed by atoms with Crippen LogP contribution in [-0.4, -0.2) is 10.5 Å². The summed E-state index contributed by atoms with van der Waals surface area (Å²) in [6, 6.07) is 1.87. The number of pyridine rings is 1. The number of nitrogens with zero attached hydrogens (tertiary/aromatic N) is 1. The Bertz CT molecular complexity index is 358. The van der Waals surface area contributed by atoms with Crippen molar-refractivity contribution in [3.05, 3.63) is 21.8 Å². The van der Waals surface area contributed by atoms with E-state index in [4.69, 9.17) is 11.6 Å². The Balaban J connectivity index is 2.16. The SMILES string of the molecule is CCC1(Nc2ncc(Cl)cc2Br)CCC1. The largest absolute Gasteiger partial charge is 0.364 e. The average Bonchev–Trinajstić information content (AvgIpc) is 2.14. The maximum Gasteiger partial charge on any atom is 0.140 e. The van der Waals surface area contributed by atoms with Crippen LogP contribution in [0.15, 0.2) is 16.7 Å². The highest BCUT2D eigenvalue weighted by molar-refractivity contribution is 9.10. The van der Waals surface area contributed by atoms with E-state index >= 15 is 0 Å². The summed E-state index contributed by atoms with van der Waals surface area (Å²) < 4.78 is 0.940. The predicted molar refractivity (Wildman–Crippen MR) is 67.4 cm³/mol. The molecule has 0 radical (unpaired) electrons. The van der Waals surface area contributed by atoms with Crippen molar-refractivity contribution in [1.29, 1.82) is 0 Å². The third-order valence-electron chi connectivity index (χ3n) is 3.18. The van der Waals surface area contributed by atoms with Gasteiger partial charge in [0.2, 0.25) is 0 Å². The van der Waals surface area contributed by atoms with E-state index in [0.717, 1.165) is 16.7 Å². The van der Waals surface area contributed by atoms with Gasteiger partial charge in [-0.2, -0.15) is 0 Å². The van der Waals surface area contributed by atoms with Crippen molar-refractivity contribution in [1.82, 2.24) is 4.98 Å². The van der Waals surface area contributed by atoms with Crippen molar-refractivity contribution in [2.75, 3.05) is 5.32 Å². The molecule has 0 spiro atoms. The van der Waals surface area contributed by atoms with Crippen molar-refractivity contribution in [3.8, 4) is 0 Å². The number of rotatable bonds is 3. The molecule has 1 fully saturated rings. The van der Waals surface area contributed by atoms with E-state index in [9.17, 15) is 0 Å². The van der Waals surface area contributed by atoms with Crippen LogP contribution in [-0.2, 0) is 0 Å². The number of halogens is 2. The molecule has 1 saturated carbocycles. The van der Waals surface area contributed by atoms with Gasteiger partial charge in [0.15, 0.2) is 0 Å². The fourth-order valence-corrected chi connectivity index (χ4v) is 2.67. The molecule has 1 aromatic rings. The minimum atomic E-state index is 0.267. The molecule has 0 aromatic carbocycles. The van der Waals surface area contributed by atoms with Gasteiger partial charge in [-0.1, -0.05) is 18.5 Å². The second-order valence-corrected chi connectivity index (χ2v) is 5.39. The van der Waals surface area contributed by atoms with Crippen LogP contribution in [0.2, 0.25) is 5.02 Å². The summed E-state index contributed by atoms with van der Waals surface area (Å²) in [6.45, 7) is 2.22. The van der Waals surface area contributed by atoms with E-state index in [1.54, 1.807) is 6.20 Å². The van der Waals surface area contributed by atoms with Crippen molar-refractivity contribution in [2.24, 2.45) is 0 Å². The standard InChI is InChI=1S/C11H14BrClN2/c1-2-11(4-3-5-11)15-10-9(12)6-8(13)7-14-10/h6-7H,2-5H2,1H3,(H,14,15). The molecular formula is C11H14BrClN2. The second kappa shape index (κ2) is 4.30. The van der Waals surface area contributed by atoms with Gasteiger partial charge in [-0.05, 0) is 47.7 Å². The van der Waals surface area contributed by atoms with Gasteiger partial charge in [0.25, 0.3) is 0 Å². The quantitative estimate of drug-likeness (QED) is 0.900. The molecular weight excluding hydrogens is 275 g/mol. The van der Waals surface area contributed by atoms with Crippen LogP contribution in [0.1, 0.15) is 32.6 Å². The number of nitrogens with one attached hydrogen (secondary N) is 1. The van der Waals surface area contributed by atoms with E-state index in [2.05, 4.69) is 33.2 Å². The number of aromatic nitrogens is 1. The van der Waals surface area contributed by atoms with E-state index in [1.807, 2.05) is 6.07 Å². The average molecular weight is 290 g/mol. The molecule has 0 amide bonds. The topological polar surface area (TPSA) is 24.9 Å². The highest BCUT2D eigenvalue weighted by Gasteiger charge is 2.35. The molecule has 1 heterocycles. The minimum Gasteiger partial charge on any atom is -0.364 e. The Hall–Kier alpha value is -0.280. The van der Waals surface area contributed by atoms with Crippen LogP contribution in [0.25, 0.3) is 0 Å². The van der Waals surface area contributed by atoms with Crippen molar-refractivity contribution >= 4 is 33.3 Å². The number of hydrogen-bond acceptors (Lipinski definition) is 2. The molecule has 1 aliphatic rings. The first kappa shape index (κ1) is 11.2. The highest BCUT2D eigenvalue weighted by atomic mass is 79.9. The molecule has 15 heavy (non-hydrogen) atoms. The predicted octanol–water partition coefficient (Wildman–Crippen LogP) is 4.24. The molecule has 1 aliphatic carbocycles. The third kappa shape index (κ3) is 2.28. The van der Waals surface area contributed by atoms with Gasteiger partial charge in [-0.3, -0.25) is 0 Å². The lowest BCUT2D eigenvalue weighted by Crippen LogP contribution is -2.44. The number of hydrogen-bond donors (Lipinski definition) is 1. The number of anilines is 1. The molecule has 2 rings (SSSR count). The lowest BCUT2D eigenvalue weighted by atomic mass is 9.75. The van der Waals surface area contributed by atoms with Crippen LogP contribution >= 0.6 is 27.5 Å². The van der Waals surface area contributed by atoms with E-state index < -0.39 is 0 Å². The summed E-state index contributed by atoms with van der Waals surface area (Å²) in [6.07, 6.45) is 6.60. The summed E-state index contributed by atoms with van der Waals surface area (Å²) in [5.74, 6) is 0.904. The molecule has 0 atom stereocenters. The lowest BCUT2D eigenvalue weighted by Gasteiger charge is -2.42. The minimum absolute atomic E-state index is 0.267. The van der Waals surface area contributed by atoms with E-state index in [1.165, 1.54) is 19.3 Å². The van der Waals surface area contributed by atoms with Crippen molar-refractivity contribution < 1.29 is 0 Å². The zero-order valence-corrected chi connectivity index (χ0v) is 11.0. The Morgan fingerprint density at radius 3 is 2.80 bits per heavy atom. The molecule has 0 aliphatic heterocycles. The zero-order chi connectivity index (χ0) is 10.9. The first-order valence-corrected chi connectivity index (χ1v) is 6.41. The molecule has 2 nitrogen and oxygen atoms in total. The van der Waals surface area contributed by atoms with Gasteiger partial charge in [-0.15, -0.1) is 0 Å². The summed E-state index contributed by atoms with van der Waals surface area (Å²) in [5, 5.41) is 4.18. The van der Waals surface area contributed by atoms with Gasteiger partial charge in [-0.25, -0.2) is 4.98 Å². The summed E-state index contributed by atoms with van der Waals surface area (Å²) >= 11 is 9.32. The summed E-state index contributed by atoms with van der Waals surface area (Å²) in [4.78, 5) is 4.30. The Kier molecular flexibility index (Phi) is 3.21.